The number of hydrogen-bond acceptors (Lipinski definition) is 3. The quantitative estimate of drug-likeness (QED) is 0.751. The molecule has 0 bridgehead atoms. The van der Waals surface area contributed by atoms with Gasteiger partial charge in [0.2, 0.25) is 0 Å². The summed E-state index contributed by atoms with van der Waals surface area (Å²) in [6.07, 6.45) is 1.84. The van der Waals surface area contributed by atoms with Crippen LogP contribution in [0.3, 0.4) is 0 Å². The van der Waals surface area contributed by atoms with Gasteiger partial charge in [-0.2, -0.15) is 0 Å². The minimum atomic E-state index is 0.263. The van der Waals surface area contributed by atoms with Crippen molar-refractivity contribution in [1.29, 1.82) is 0 Å². The molecule has 3 heteroatoms. The van der Waals surface area contributed by atoms with Crippen LogP contribution in [0.2, 0.25) is 0 Å². The first kappa shape index (κ1) is 12.8. The van der Waals surface area contributed by atoms with Crippen molar-refractivity contribution in [3.8, 4) is 5.75 Å². The number of ether oxygens (including phenoxy) is 1. The fourth-order valence-corrected chi connectivity index (χ4v) is 1.68. The molecule has 0 unspecified atom stereocenters. The Balaban J connectivity index is 2.72. The van der Waals surface area contributed by atoms with Gasteiger partial charge in [0.1, 0.15) is 5.75 Å². The highest BCUT2D eigenvalue weighted by Crippen LogP contribution is 2.28. The van der Waals surface area contributed by atoms with Crippen LogP contribution in [0.5, 0.6) is 5.75 Å². The van der Waals surface area contributed by atoms with Gasteiger partial charge >= 0.3 is 0 Å². The zero-order chi connectivity index (χ0) is 12.0. The molecule has 0 aliphatic heterocycles. The summed E-state index contributed by atoms with van der Waals surface area (Å²) >= 11 is 0. The van der Waals surface area contributed by atoms with E-state index in [0.717, 1.165) is 30.8 Å². The third-order valence-electron chi connectivity index (χ3n) is 2.65. The van der Waals surface area contributed by atoms with Crippen LogP contribution in [-0.4, -0.2) is 32.4 Å². The zero-order valence-corrected chi connectivity index (χ0v) is 10.4. The fraction of sp³-hybridized carbons (Fsp3) is 0.538. The van der Waals surface area contributed by atoms with E-state index in [4.69, 9.17) is 9.84 Å². The van der Waals surface area contributed by atoms with Gasteiger partial charge in [0.15, 0.2) is 0 Å². The summed E-state index contributed by atoms with van der Waals surface area (Å²) in [6, 6.07) is 6.16. The molecule has 0 aliphatic carbocycles. The summed E-state index contributed by atoms with van der Waals surface area (Å²) in [5.41, 5.74) is 2.34. The van der Waals surface area contributed by atoms with Crippen LogP contribution in [0.15, 0.2) is 18.2 Å². The number of aryl methyl sites for hydroxylation is 1. The molecule has 1 N–H and O–H groups in total. The molecular formula is C13H21NO2. The molecule has 90 valence electrons. The van der Waals surface area contributed by atoms with E-state index in [9.17, 15) is 0 Å². The maximum Gasteiger partial charge on any atom is 0.142 e. The predicted molar refractivity (Wildman–Crippen MR) is 67.3 cm³/mol. The Morgan fingerprint density at radius 2 is 2.06 bits per heavy atom. The van der Waals surface area contributed by atoms with Crippen LogP contribution in [0, 0.1) is 6.92 Å². The zero-order valence-electron chi connectivity index (χ0n) is 10.4. The number of methoxy groups -OCH3 is 1. The van der Waals surface area contributed by atoms with E-state index < -0.39 is 0 Å². The second kappa shape index (κ2) is 6.38. The van der Waals surface area contributed by atoms with Crippen molar-refractivity contribution in [1.82, 2.24) is 0 Å². The number of rotatable bonds is 6. The van der Waals surface area contributed by atoms with Gasteiger partial charge in [0, 0.05) is 20.2 Å². The minimum Gasteiger partial charge on any atom is -0.495 e. The third kappa shape index (κ3) is 3.42. The van der Waals surface area contributed by atoms with E-state index in [1.807, 2.05) is 12.1 Å². The van der Waals surface area contributed by atoms with E-state index in [1.165, 1.54) is 5.56 Å². The number of aliphatic hydroxyl groups excluding tert-OH is 1. The van der Waals surface area contributed by atoms with E-state index >= 15 is 0 Å². The summed E-state index contributed by atoms with van der Waals surface area (Å²) in [5, 5.41) is 8.75. The molecule has 0 spiro atoms. The van der Waals surface area contributed by atoms with Gasteiger partial charge in [-0.25, -0.2) is 0 Å². The Hall–Kier alpha value is -1.22. The minimum absolute atomic E-state index is 0.263. The number of anilines is 1. The maximum absolute atomic E-state index is 8.75. The SMILES string of the molecule is COc1ccc(C)cc1N(C)CCCCO. The monoisotopic (exact) mass is 223 g/mol. The number of hydrogen-bond donors (Lipinski definition) is 1. The van der Waals surface area contributed by atoms with Crippen LogP contribution in [-0.2, 0) is 0 Å². The van der Waals surface area contributed by atoms with Crippen molar-refractivity contribution in [3.05, 3.63) is 23.8 Å². The number of nitrogens with zero attached hydrogens (tertiary/aromatic N) is 1. The molecule has 0 atom stereocenters. The van der Waals surface area contributed by atoms with Gasteiger partial charge in [0.25, 0.3) is 0 Å². The summed E-state index contributed by atoms with van der Waals surface area (Å²) in [6.45, 7) is 3.27. The average molecular weight is 223 g/mol. The number of benzene rings is 1. The molecule has 0 saturated heterocycles. The second-order valence-electron chi connectivity index (χ2n) is 4.03. The molecule has 1 rings (SSSR count). The highest BCUT2D eigenvalue weighted by Gasteiger charge is 2.07. The molecule has 0 aromatic heterocycles. The molecule has 0 fully saturated rings. The highest BCUT2D eigenvalue weighted by atomic mass is 16.5. The van der Waals surface area contributed by atoms with E-state index in [2.05, 4.69) is 24.9 Å². The van der Waals surface area contributed by atoms with Gasteiger partial charge in [-0.15, -0.1) is 0 Å². The summed E-state index contributed by atoms with van der Waals surface area (Å²) in [4.78, 5) is 2.17. The van der Waals surface area contributed by atoms with Crippen molar-refractivity contribution < 1.29 is 9.84 Å². The topological polar surface area (TPSA) is 32.7 Å². The molecule has 1 aromatic rings. The number of aliphatic hydroxyl groups is 1. The highest BCUT2D eigenvalue weighted by molar-refractivity contribution is 5.59. The maximum atomic E-state index is 8.75. The van der Waals surface area contributed by atoms with E-state index in [1.54, 1.807) is 7.11 Å². The van der Waals surface area contributed by atoms with Gasteiger partial charge < -0.3 is 14.7 Å². The fourth-order valence-electron chi connectivity index (χ4n) is 1.68. The van der Waals surface area contributed by atoms with Crippen LogP contribution in [0.4, 0.5) is 5.69 Å². The van der Waals surface area contributed by atoms with Gasteiger partial charge in [-0.1, -0.05) is 6.07 Å². The Morgan fingerprint density at radius 1 is 1.31 bits per heavy atom. The molecule has 0 amide bonds. The Bertz CT molecular complexity index is 326. The van der Waals surface area contributed by atoms with Gasteiger partial charge in [-0.3, -0.25) is 0 Å². The molecule has 16 heavy (non-hydrogen) atoms. The first-order chi connectivity index (χ1) is 7.69. The smallest absolute Gasteiger partial charge is 0.142 e. The lowest BCUT2D eigenvalue weighted by Gasteiger charge is -2.22. The van der Waals surface area contributed by atoms with Crippen LogP contribution < -0.4 is 9.64 Å². The van der Waals surface area contributed by atoms with Gasteiger partial charge in [-0.05, 0) is 37.5 Å². The standard InChI is InChI=1S/C13H21NO2/c1-11-6-7-13(16-3)12(10-11)14(2)8-4-5-9-15/h6-7,10,15H,4-5,8-9H2,1-3H3. The summed E-state index contributed by atoms with van der Waals surface area (Å²) in [5.74, 6) is 0.900. The van der Waals surface area contributed by atoms with Crippen LogP contribution in [0.25, 0.3) is 0 Å². The lowest BCUT2D eigenvalue weighted by molar-refractivity contribution is 0.285. The van der Waals surface area contributed by atoms with E-state index in [0.29, 0.717) is 0 Å². The van der Waals surface area contributed by atoms with Crippen LogP contribution >= 0.6 is 0 Å². The normalized spacial score (nSPS) is 10.2. The van der Waals surface area contributed by atoms with Crippen molar-refractivity contribution >= 4 is 5.69 Å². The summed E-state index contributed by atoms with van der Waals surface area (Å²) in [7, 11) is 3.74. The first-order valence-corrected chi connectivity index (χ1v) is 5.65. The molecule has 0 heterocycles. The third-order valence-corrected chi connectivity index (χ3v) is 2.65. The Morgan fingerprint density at radius 3 is 2.69 bits per heavy atom. The van der Waals surface area contributed by atoms with Crippen molar-refractivity contribution in [2.24, 2.45) is 0 Å². The lowest BCUT2D eigenvalue weighted by atomic mass is 10.2. The Labute approximate surface area is 97.7 Å². The van der Waals surface area contributed by atoms with Crippen molar-refractivity contribution in [2.75, 3.05) is 32.2 Å². The molecule has 3 nitrogen and oxygen atoms in total. The van der Waals surface area contributed by atoms with Crippen molar-refractivity contribution in [3.63, 3.8) is 0 Å². The predicted octanol–water partition coefficient (Wildman–Crippen LogP) is 2.21. The van der Waals surface area contributed by atoms with Crippen LogP contribution in [0.1, 0.15) is 18.4 Å². The first-order valence-electron chi connectivity index (χ1n) is 5.65. The number of unbranched alkanes of at least 4 members (excludes halogenated alkanes) is 1. The van der Waals surface area contributed by atoms with Gasteiger partial charge in [0.05, 0.1) is 12.8 Å². The van der Waals surface area contributed by atoms with E-state index in [-0.39, 0.29) is 6.61 Å². The van der Waals surface area contributed by atoms with Crippen molar-refractivity contribution in [2.45, 2.75) is 19.8 Å². The average Bonchev–Trinajstić information content (AvgIpc) is 2.29. The lowest BCUT2D eigenvalue weighted by Crippen LogP contribution is -2.19. The summed E-state index contributed by atoms with van der Waals surface area (Å²) < 4.78 is 5.34. The second-order valence-corrected chi connectivity index (χ2v) is 4.03. The molecule has 1 aromatic carbocycles. The molecule has 0 aliphatic rings. The molecule has 0 saturated carbocycles. The Kier molecular flexibility index (Phi) is 5.12. The molecular weight excluding hydrogens is 202 g/mol. The largest absolute Gasteiger partial charge is 0.495 e. The molecule has 0 radical (unpaired) electrons.